The first kappa shape index (κ1) is 20.1. The smallest absolute Gasteiger partial charge is 0.325 e. The molecular weight excluding hydrogens is 374 g/mol. The number of carbonyl (C=O) groups is 4. The number of imide groups is 1. The first-order valence-electron chi connectivity index (χ1n) is 8.94. The van der Waals surface area contributed by atoms with Crippen LogP contribution in [0.4, 0.5) is 10.5 Å². The van der Waals surface area contributed by atoms with Crippen LogP contribution >= 0.6 is 0 Å². The van der Waals surface area contributed by atoms with E-state index in [1.165, 1.54) is 14.0 Å². The Morgan fingerprint density at radius 3 is 2.38 bits per heavy atom. The molecule has 4 amide bonds. The number of anilines is 1. The first-order valence-corrected chi connectivity index (χ1v) is 8.94. The molecule has 3 rings (SSSR count). The Hall–Kier alpha value is -3.68. The van der Waals surface area contributed by atoms with E-state index < -0.39 is 29.9 Å². The highest BCUT2D eigenvalue weighted by molar-refractivity contribution is 6.11. The van der Waals surface area contributed by atoms with E-state index in [1.807, 2.05) is 0 Å². The fourth-order valence-electron chi connectivity index (χ4n) is 3.19. The van der Waals surface area contributed by atoms with Gasteiger partial charge in [0.1, 0.15) is 17.8 Å². The maximum absolute atomic E-state index is 12.9. The first-order chi connectivity index (χ1) is 13.8. The summed E-state index contributed by atoms with van der Waals surface area (Å²) in [5.41, 5.74) is -0.0430. The maximum Gasteiger partial charge on any atom is 0.325 e. The van der Waals surface area contributed by atoms with Crippen molar-refractivity contribution in [3.05, 3.63) is 59.7 Å². The van der Waals surface area contributed by atoms with Crippen molar-refractivity contribution in [3.8, 4) is 5.75 Å². The summed E-state index contributed by atoms with van der Waals surface area (Å²) in [6, 6.07) is 12.6. The van der Waals surface area contributed by atoms with Crippen LogP contribution < -0.4 is 15.4 Å². The molecule has 0 saturated carbocycles. The molecule has 2 N–H and O–H groups in total. The van der Waals surface area contributed by atoms with E-state index in [-0.39, 0.29) is 5.78 Å². The molecule has 0 radical (unpaired) electrons. The number of para-hydroxylation sites is 1. The minimum absolute atomic E-state index is 0.206. The Morgan fingerprint density at radius 1 is 1.10 bits per heavy atom. The van der Waals surface area contributed by atoms with Crippen molar-refractivity contribution < 1.29 is 23.9 Å². The van der Waals surface area contributed by atoms with Crippen LogP contribution in [-0.2, 0) is 15.1 Å². The Morgan fingerprint density at radius 2 is 1.76 bits per heavy atom. The highest BCUT2D eigenvalue weighted by Gasteiger charge is 2.49. The van der Waals surface area contributed by atoms with E-state index in [2.05, 4.69) is 10.6 Å². The minimum Gasteiger partial charge on any atom is -0.497 e. The number of rotatable bonds is 6. The summed E-state index contributed by atoms with van der Waals surface area (Å²) < 4.78 is 5.11. The maximum atomic E-state index is 12.9. The van der Waals surface area contributed by atoms with Crippen molar-refractivity contribution in [2.75, 3.05) is 19.0 Å². The van der Waals surface area contributed by atoms with Crippen LogP contribution in [0, 0.1) is 0 Å². The van der Waals surface area contributed by atoms with Crippen molar-refractivity contribution in [3.63, 3.8) is 0 Å². The van der Waals surface area contributed by atoms with Gasteiger partial charge in [0.15, 0.2) is 5.78 Å². The van der Waals surface area contributed by atoms with Crippen LogP contribution in [0.5, 0.6) is 5.75 Å². The van der Waals surface area contributed by atoms with Gasteiger partial charge < -0.3 is 15.4 Å². The average Bonchev–Trinajstić information content (AvgIpc) is 2.92. The van der Waals surface area contributed by atoms with E-state index in [9.17, 15) is 19.2 Å². The van der Waals surface area contributed by atoms with Crippen LogP contribution in [0.15, 0.2) is 48.5 Å². The predicted molar refractivity (Wildman–Crippen MR) is 106 cm³/mol. The zero-order valence-electron chi connectivity index (χ0n) is 16.3. The molecule has 8 heteroatoms. The molecule has 29 heavy (non-hydrogen) atoms. The van der Waals surface area contributed by atoms with E-state index in [1.54, 1.807) is 55.5 Å². The average molecular weight is 395 g/mol. The number of ketones is 1. The minimum atomic E-state index is -1.29. The third-order valence-corrected chi connectivity index (χ3v) is 4.82. The summed E-state index contributed by atoms with van der Waals surface area (Å²) in [7, 11) is 1.53. The van der Waals surface area contributed by atoms with Crippen molar-refractivity contribution in [2.24, 2.45) is 0 Å². The monoisotopic (exact) mass is 395 g/mol. The Kier molecular flexibility index (Phi) is 5.36. The number of nitrogens with one attached hydrogen (secondary N) is 2. The summed E-state index contributed by atoms with van der Waals surface area (Å²) in [5, 5.41) is 5.24. The largest absolute Gasteiger partial charge is 0.497 e. The Balaban J connectivity index is 1.76. The molecule has 0 bridgehead atoms. The number of methoxy groups -OCH3 is 1. The van der Waals surface area contributed by atoms with Gasteiger partial charge in [-0.2, -0.15) is 0 Å². The van der Waals surface area contributed by atoms with Gasteiger partial charge in [-0.25, -0.2) is 4.79 Å². The van der Waals surface area contributed by atoms with Crippen molar-refractivity contribution in [1.29, 1.82) is 0 Å². The topological polar surface area (TPSA) is 105 Å². The van der Waals surface area contributed by atoms with Crippen molar-refractivity contribution >= 4 is 29.3 Å². The normalized spacial score (nSPS) is 18.4. The highest BCUT2D eigenvalue weighted by Crippen LogP contribution is 2.30. The SMILES string of the molecule is COc1ccc([C@]2(C)NC(=O)N(CC(=O)Nc3ccccc3C(C)=O)C2=O)cc1. The van der Waals surface area contributed by atoms with Crippen LogP contribution in [0.1, 0.15) is 29.8 Å². The zero-order chi connectivity index (χ0) is 21.2. The van der Waals surface area contributed by atoms with Gasteiger partial charge in [-0.05, 0) is 43.7 Å². The lowest BCUT2D eigenvalue weighted by molar-refractivity contribution is -0.133. The molecule has 1 atom stereocenters. The third-order valence-electron chi connectivity index (χ3n) is 4.82. The van der Waals surface area contributed by atoms with Crippen molar-refractivity contribution in [1.82, 2.24) is 10.2 Å². The molecule has 1 aliphatic rings. The van der Waals surface area contributed by atoms with Gasteiger partial charge in [-0.1, -0.05) is 24.3 Å². The quantitative estimate of drug-likeness (QED) is 0.577. The molecule has 0 spiro atoms. The molecular formula is C21H21N3O5. The molecule has 0 unspecified atom stereocenters. The number of benzene rings is 2. The second kappa shape index (κ2) is 7.75. The van der Waals surface area contributed by atoms with Crippen LogP contribution in [0.2, 0.25) is 0 Å². The fraction of sp³-hybridized carbons (Fsp3) is 0.238. The van der Waals surface area contributed by atoms with Gasteiger partial charge in [-0.3, -0.25) is 19.3 Å². The van der Waals surface area contributed by atoms with Gasteiger partial charge >= 0.3 is 6.03 Å². The molecule has 2 aromatic carbocycles. The number of hydrogen-bond acceptors (Lipinski definition) is 5. The van der Waals surface area contributed by atoms with E-state index in [0.717, 1.165) is 4.90 Å². The molecule has 0 aromatic heterocycles. The molecule has 1 saturated heterocycles. The molecule has 2 aromatic rings. The van der Waals surface area contributed by atoms with Crippen molar-refractivity contribution in [2.45, 2.75) is 19.4 Å². The van der Waals surface area contributed by atoms with E-state index >= 15 is 0 Å². The number of carbonyl (C=O) groups excluding carboxylic acids is 4. The van der Waals surface area contributed by atoms with Crippen LogP contribution in [-0.4, -0.2) is 42.2 Å². The molecule has 0 aliphatic carbocycles. The van der Waals surface area contributed by atoms with Crippen LogP contribution in [0.3, 0.4) is 0 Å². The predicted octanol–water partition coefficient (Wildman–Crippen LogP) is 2.30. The third kappa shape index (κ3) is 3.82. The lowest BCUT2D eigenvalue weighted by Gasteiger charge is -2.22. The summed E-state index contributed by atoms with van der Waals surface area (Å²) in [5.74, 6) is -0.707. The number of ether oxygens (including phenoxy) is 1. The van der Waals surface area contributed by atoms with Gasteiger partial charge in [-0.15, -0.1) is 0 Å². The molecule has 1 heterocycles. The molecule has 1 fully saturated rings. The highest BCUT2D eigenvalue weighted by atomic mass is 16.5. The summed E-state index contributed by atoms with van der Waals surface area (Å²) in [6.07, 6.45) is 0. The Bertz CT molecular complexity index is 986. The van der Waals surface area contributed by atoms with Crippen LogP contribution in [0.25, 0.3) is 0 Å². The Labute approximate surface area is 167 Å². The summed E-state index contributed by atoms with van der Waals surface area (Å²) in [4.78, 5) is 50.3. The number of Topliss-reactive ketones (excluding diaryl/α,β-unsaturated/α-hetero) is 1. The second-order valence-electron chi connectivity index (χ2n) is 6.82. The second-order valence-corrected chi connectivity index (χ2v) is 6.82. The number of nitrogens with zero attached hydrogens (tertiary/aromatic N) is 1. The zero-order valence-corrected chi connectivity index (χ0v) is 16.3. The lowest BCUT2D eigenvalue weighted by atomic mass is 9.92. The van der Waals surface area contributed by atoms with E-state index in [0.29, 0.717) is 22.6 Å². The number of urea groups is 1. The molecule has 1 aliphatic heterocycles. The number of hydrogen-bond donors (Lipinski definition) is 2. The number of amides is 4. The molecule has 8 nitrogen and oxygen atoms in total. The summed E-state index contributed by atoms with van der Waals surface area (Å²) >= 11 is 0. The van der Waals surface area contributed by atoms with Gasteiger partial charge in [0.2, 0.25) is 5.91 Å². The standard InChI is InChI=1S/C21H21N3O5/c1-13(25)16-6-4-5-7-17(16)22-18(26)12-24-19(27)21(2,23-20(24)28)14-8-10-15(29-3)11-9-14/h4-11H,12H2,1-3H3,(H,22,26)(H,23,28)/t21-/m0/s1. The summed E-state index contributed by atoms with van der Waals surface area (Å²) in [6.45, 7) is 2.50. The van der Waals surface area contributed by atoms with E-state index in [4.69, 9.17) is 4.74 Å². The van der Waals surface area contributed by atoms with Gasteiger partial charge in [0.25, 0.3) is 5.91 Å². The van der Waals surface area contributed by atoms with Gasteiger partial charge in [0.05, 0.1) is 12.8 Å². The lowest BCUT2D eigenvalue weighted by Crippen LogP contribution is -2.42. The molecule has 150 valence electrons. The van der Waals surface area contributed by atoms with Gasteiger partial charge in [0, 0.05) is 5.56 Å². The fourth-order valence-corrected chi connectivity index (χ4v) is 3.19.